The van der Waals surface area contributed by atoms with E-state index in [1.54, 1.807) is 4.90 Å². The van der Waals surface area contributed by atoms with Crippen molar-refractivity contribution < 1.29 is 4.79 Å². The average Bonchev–Trinajstić information content (AvgIpc) is 3.07. The minimum atomic E-state index is 0.0159. The number of likely N-dealkylation sites (N-methyl/N-ethyl adjacent to an activating group) is 1. The second-order valence-electron chi connectivity index (χ2n) is 5.16. The third-order valence-corrected chi connectivity index (χ3v) is 4.28. The number of hydrogen-bond acceptors (Lipinski definition) is 5. The molecule has 0 spiro atoms. The van der Waals surface area contributed by atoms with E-state index in [0.29, 0.717) is 18.2 Å². The lowest BCUT2D eigenvalue weighted by Gasteiger charge is -2.24. The summed E-state index contributed by atoms with van der Waals surface area (Å²) in [5.41, 5.74) is 1.11. The molecule has 2 aromatic heterocycles. The van der Waals surface area contributed by atoms with Gasteiger partial charge < -0.3 is 4.90 Å². The second kappa shape index (κ2) is 6.13. The van der Waals surface area contributed by atoms with Gasteiger partial charge >= 0.3 is 0 Å². The van der Waals surface area contributed by atoms with Crippen molar-refractivity contribution >= 4 is 17.2 Å². The van der Waals surface area contributed by atoms with E-state index in [1.165, 1.54) is 11.3 Å². The van der Waals surface area contributed by atoms with Crippen LogP contribution < -0.4 is 0 Å². The number of hydrogen-bond donors (Lipinski definition) is 1. The third-order valence-electron chi connectivity index (χ3n) is 3.36. The molecular formula is C13H19N5OS. The standard InChI is InChI=1S/C13H19N5OS/c1-8(2)10-5-6-20-12(10)13(19)18(4)9(3)7-11-14-16-17-15-11/h5-6,8-9H,7H2,1-4H3,(H,14,15,16,17). The van der Waals surface area contributed by atoms with E-state index in [0.717, 1.165) is 10.4 Å². The van der Waals surface area contributed by atoms with Crippen LogP contribution in [0.3, 0.4) is 0 Å². The van der Waals surface area contributed by atoms with Crippen molar-refractivity contribution in [2.24, 2.45) is 0 Å². The van der Waals surface area contributed by atoms with Gasteiger partial charge in [-0.05, 0) is 29.9 Å². The number of tetrazole rings is 1. The Morgan fingerprint density at radius 1 is 1.45 bits per heavy atom. The molecule has 7 heteroatoms. The van der Waals surface area contributed by atoms with Crippen LogP contribution in [-0.4, -0.2) is 44.5 Å². The maximum atomic E-state index is 12.6. The lowest BCUT2D eigenvalue weighted by Crippen LogP contribution is -2.36. The Labute approximate surface area is 122 Å². The first kappa shape index (κ1) is 14.6. The Morgan fingerprint density at radius 3 is 2.80 bits per heavy atom. The van der Waals surface area contributed by atoms with Crippen LogP contribution in [0.25, 0.3) is 0 Å². The summed E-state index contributed by atoms with van der Waals surface area (Å²) in [7, 11) is 1.82. The fourth-order valence-corrected chi connectivity index (χ4v) is 3.01. The molecule has 1 amide bonds. The zero-order valence-corrected chi connectivity index (χ0v) is 12.9. The van der Waals surface area contributed by atoms with Crippen molar-refractivity contribution in [2.75, 3.05) is 7.05 Å². The first-order valence-corrected chi connectivity index (χ1v) is 7.45. The summed E-state index contributed by atoms with van der Waals surface area (Å²) in [5, 5.41) is 15.8. The SMILES string of the molecule is CC(C)c1ccsc1C(=O)N(C)C(C)Cc1nn[nH]n1. The van der Waals surface area contributed by atoms with Crippen LogP contribution in [0.15, 0.2) is 11.4 Å². The largest absolute Gasteiger partial charge is 0.338 e. The van der Waals surface area contributed by atoms with Crippen LogP contribution in [0, 0.1) is 0 Å². The molecule has 0 saturated carbocycles. The quantitative estimate of drug-likeness (QED) is 0.916. The molecule has 0 saturated heterocycles. The Bertz CT molecular complexity index is 563. The molecule has 2 aromatic rings. The van der Waals surface area contributed by atoms with Crippen molar-refractivity contribution in [3.8, 4) is 0 Å². The van der Waals surface area contributed by atoms with Gasteiger partial charge in [-0.15, -0.1) is 21.5 Å². The lowest BCUT2D eigenvalue weighted by atomic mass is 10.0. The number of nitrogens with one attached hydrogen (secondary N) is 1. The van der Waals surface area contributed by atoms with Gasteiger partial charge in [-0.25, -0.2) is 0 Å². The minimum absolute atomic E-state index is 0.0159. The number of carbonyl (C=O) groups excluding carboxylic acids is 1. The number of amides is 1. The van der Waals surface area contributed by atoms with Gasteiger partial charge in [0.15, 0.2) is 5.82 Å². The molecule has 6 nitrogen and oxygen atoms in total. The van der Waals surface area contributed by atoms with Crippen LogP contribution in [0.1, 0.15) is 47.7 Å². The average molecular weight is 293 g/mol. The molecule has 0 aromatic carbocycles. The Morgan fingerprint density at radius 2 is 2.20 bits per heavy atom. The molecule has 0 aliphatic carbocycles. The van der Waals surface area contributed by atoms with Gasteiger partial charge in [-0.1, -0.05) is 19.1 Å². The molecule has 0 bridgehead atoms. The third kappa shape index (κ3) is 3.04. The molecule has 1 atom stereocenters. The van der Waals surface area contributed by atoms with Crippen molar-refractivity contribution in [2.45, 2.75) is 39.2 Å². The summed E-state index contributed by atoms with van der Waals surface area (Å²) in [6.07, 6.45) is 0.584. The van der Waals surface area contributed by atoms with Gasteiger partial charge in [0.05, 0.1) is 4.88 Å². The minimum Gasteiger partial charge on any atom is -0.338 e. The van der Waals surface area contributed by atoms with E-state index in [4.69, 9.17) is 0 Å². The molecule has 0 fully saturated rings. The van der Waals surface area contributed by atoms with Crippen LogP contribution in [0.2, 0.25) is 0 Å². The highest BCUT2D eigenvalue weighted by atomic mass is 32.1. The monoisotopic (exact) mass is 293 g/mol. The summed E-state index contributed by atoms with van der Waals surface area (Å²) >= 11 is 1.50. The molecule has 0 aliphatic rings. The maximum absolute atomic E-state index is 12.6. The topological polar surface area (TPSA) is 74.8 Å². The molecule has 0 aliphatic heterocycles. The molecule has 1 unspecified atom stereocenters. The van der Waals surface area contributed by atoms with Crippen molar-refractivity contribution in [1.82, 2.24) is 25.5 Å². The highest BCUT2D eigenvalue weighted by Gasteiger charge is 2.23. The number of H-pyrrole nitrogens is 1. The fraction of sp³-hybridized carbons (Fsp3) is 0.538. The van der Waals surface area contributed by atoms with Crippen molar-refractivity contribution in [3.05, 3.63) is 27.7 Å². The number of nitrogens with zero attached hydrogens (tertiary/aromatic N) is 4. The highest BCUT2D eigenvalue weighted by molar-refractivity contribution is 7.12. The summed E-state index contributed by atoms with van der Waals surface area (Å²) in [6.45, 7) is 6.18. The van der Waals surface area contributed by atoms with Crippen molar-refractivity contribution in [1.29, 1.82) is 0 Å². The van der Waals surface area contributed by atoms with Gasteiger partial charge in [0, 0.05) is 19.5 Å². The van der Waals surface area contributed by atoms with E-state index < -0.39 is 0 Å². The van der Waals surface area contributed by atoms with Crippen LogP contribution in [0.5, 0.6) is 0 Å². The zero-order chi connectivity index (χ0) is 14.7. The Balaban J connectivity index is 2.09. The van der Waals surface area contributed by atoms with E-state index in [-0.39, 0.29) is 11.9 Å². The van der Waals surface area contributed by atoms with Gasteiger partial charge in [0.2, 0.25) is 0 Å². The zero-order valence-electron chi connectivity index (χ0n) is 12.1. The number of rotatable bonds is 5. The summed E-state index contributed by atoms with van der Waals surface area (Å²) < 4.78 is 0. The van der Waals surface area contributed by atoms with Gasteiger partial charge in [0.25, 0.3) is 5.91 Å². The van der Waals surface area contributed by atoms with Crippen LogP contribution in [0.4, 0.5) is 0 Å². The molecule has 2 heterocycles. The Kier molecular flexibility index (Phi) is 4.49. The van der Waals surface area contributed by atoms with E-state index >= 15 is 0 Å². The van der Waals surface area contributed by atoms with Crippen LogP contribution >= 0.6 is 11.3 Å². The maximum Gasteiger partial charge on any atom is 0.264 e. The first-order chi connectivity index (χ1) is 9.50. The number of aromatic amines is 1. The van der Waals surface area contributed by atoms with Crippen molar-refractivity contribution in [3.63, 3.8) is 0 Å². The smallest absolute Gasteiger partial charge is 0.264 e. The van der Waals surface area contributed by atoms with Gasteiger partial charge in [-0.3, -0.25) is 4.79 Å². The van der Waals surface area contributed by atoms with Gasteiger partial charge in [0.1, 0.15) is 0 Å². The lowest BCUT2D eigenvalue weighted by molar-refractivity contribution is 0.0746. The number of aromatic nitrogens is 4. The van der Waals surface area contributed by atoms with E-state index in [1.807, 2.05) is 25.4 Å². The van der Waals surface area contributed by atoms with Gasteiger partial charge in [-0.2, -0.15) is 5.21 Å². The number of thiophene rings is 1. The van der Waals surface area contributed by atoms with Crippen LogP contribution in [-0.2, 0) is 6.42 Å². The number of carbonyl (C=O) groups is 1. The highest BCUT2D eigenvalue weighted by Crippen LogP contribution is 2.26. The predicted molar refractivity (Wildman–Crippen MR) is 77.8 cm³/mol. The second-order valence-corrected chi connectivity index (χ2v) is 6.07. The first-order valence-electron chi connectivity index (χ1n) is 6.57. The molecule has 1 N–H and O–H groups in total. The van der Waals surface area contributed by atoms with E-state index in [9.17, 15) is 4.79 Å². The molecule has 108 valence electrons. The Hall–Kier alpha value is -1.76. The molecule has 20 heavy (non-hydrogen) atoms. The predicted octanol–water partition coefficient (Wildman–Crippen LogP) is 2.09. The summed E-state index contributed by atoms with van der Waals surface area (Å²) in [4.78, 5) is 15.1. The molecule has 2 rings (SSSR count). The normalized spacial score (nSPS) is 12.7. The fourth-order valence-electron chi connectivity index (χ4n) is 1.98. The summed E-state index contributed by atoms with van der Waals surface area (Å²) in [6, 6.07) is 2.04. The molecular weight excluding hydrogens is 274 g/mol. The summed E-state index contributed by atoms with van der Waals surface area (Å²) in [5.74, 6) is 1.02. The molecule has 0 radical (unpaired) electrons. The van der Waals surface area contributed by atoms with E-state index in [2.05, 4.69) is 34.5 Å².